The molecule has 1 saturated heterocycles. The first kappa shape index (κ1) is 12.3. The molecule has 1 aliphatic rings. The smallest absolute Gasteiger partial charge is 0.0220 e. The van der Waals surface area contributed by atoms with E-state index in [-0.39, 0.29) is 0 Å². The average Bonchev–Trinajstić information content (AvgIpc) is 2.52. The molecule has 0 aromatic carbocycles. The van der Waals surface area contributed by atoms with Crippen LogP contribution in [0.4, 0.5) is 0 Å². The van der Waals surface area contributed by atoms with E-state index in [9.17, 15) is 0 Å². The molecule has 1 atom stereocenters. The lowest BCUT2D eigenvalue weighted by Crippen LogP contribution is -2.37. The minimum atomic E-state index is 0.812. The second-order valence-electron chi connectivity index (χ2n) is 4.24. The van der Waals surface area contributed by atoms with Crippen molar-refractivity contribution in [2.75, 3.05) is 45.2 Å². The number of nitrogens with zero attached hydrogens (tertiary/aromatic N) is 2. The number of likely N-dealkylation sites (tertiary alicyclic amines) is 1. The normalized spacial score (nSPS) is 23.6. The second-order valence-corrected chi connectivity index (χ2v) is 5.63. The molecule has 0 saturated carbocycles. The average molecular weight is 216 g/mol. The van der Waals surface area contributed by atoms with E-state index in [1.165, 1.54) is 44.0 Å². The highest BCUT2D eigenvalue weighted by molar-refractivity contribution is 7.99. The predicted molar refractivity (Wildman–Crippen MR) is 66.1 cm³/mol. The van der Waals surface area contributed by atoms with Crippen molar-refractivity contribution in [3.63, 3.8) is 0 Å². The molecule has 1 heterocycles. The van der Waals surface area contributed by atoms with Gasteiger partial charge in [0.15, 0.2) is 0 Å². The molecule has 0 radical (unpaired) electrons. The van der Waals surface area contributed by atoms with E-state index in [1.807, 2.05) is 11.8 Å². The lowest BCUT2D eigenvalue weighted by Gasteiger charge is -2.25. The van der Waals surface area contributed by atoms with Gasteiger partial charge in [-0.05, 0) is 39.2 Å². The van der Waals surface area contributed by atoms with Crippen LogP contribution in [0, 0.1) is 0 Å². The zero-order valence-electron chi connectivity index (χ0n) is 9.83. The molecule has 0 bridgehead atoms. The molecule has 14 heavy (non-hydrogen) atoms. The van der Waals surface area contributed by atoms with Gasteiger partial charge >= 0.3 is 0 Å². The first-order valence-corrected chi connectivity index (χ1v) is 6.86. The molecule has 3 heteroatoms. The summed E-state index contributed by atoms with van der Waals surface area (Å²) in [4.78, 5) is 4.98. The number of rotatable bonds is 6. The standard InChI is InChI=1S/C11H24N2S/c1-4-14-9-8-12(2)10-11-6-5-7-13(11)3/h11H,4-10H2,1-3H3. The Morgan fingerprint density at radius 1 is 1.50 bits per heavy atom. The van der Waals surface area contributed by atoms with E-state index >= 15 is 0 Å². The highest BCUT2D eigenvalue weighted by atomic mass is 32.2. The number of likely N-dealkylation sites (N-methyl/N-ethyl adjacent to an activating group) is 2. The zero-order chi connectivity index (χ0) is 10.4. The lowest BCUT2D eigenvalue weighted by molar-refractivity contribution is 0.227. The molecule has 0 amide bonds. The largest absolute Gasteiger partial charge is 0.304 e. The fraction of sp³-hybridized carbons (Fsp3) is 1.00. The van der Waals surface area contributed by atoms with Gasteiger partial charge in [-0.2, -0.15) is 11.8 Å². The van der Waals surface area contributed by atoms with E-state index < -0.39 is 0 Å². The molecule has 2 nitrogen and oxygen atoms in total. The van der Waals surface area contributed by atoms with Gasteiger partial charge in [-0.15, -0.1) is 0 Å². The van der Waals surface area contributed by atoms with Crippen molar-refractivity contribution in [1.82, 2.24) is 9.80 Å². The first-order chi connectivity index (χ1) is 6.74. The molecular formula is C11H24N2S. The van der Waals surface area contributed by atoms with Crippen LogP contribution in [0.15, 0.2) is 0 Å². The van der Waals surface area contributed by atoms with Crippen molar-refractivity contribution < 1.29 is 0 Å². The van der Waals surface area contributed by atoms with Crippen LogP contribution in [0.2, 0.25) is 0 Å². The van der Waals surface area contributed by atoms with Gasteiger partial charge in [0.1, 0.15) is 0 Å². The van der Waals surface area contributed by atoms with Crippen molar-refractivity contribution in [3.05, 3.63) is 0 Å². The van der Waals surface area contributed by atoms with Crippen LogP contribution in [0.25, 0.3) is 0 Å². The highest BCUT2D eigenvalue weighted by Crippen LogP contribution is 2.15. The van der Waals surface area contributed by atoms with Gasteiger partial charge < -0.3 is 9.80 Å². The van der Waals surface area contributed by atoms with Gasteiger partial charge in [0.05, 0.1) is 0 Å². The summed E-state index contributed by atoms with van der Waals surface area (Å²) in [6.07, 6.45) is 2.78. The van der Waals surface area contributed by atoms with Crippen molar-refractivity contribution in [2.24, 2.45) is 0 Å². The molecule has 0 aromatic heterocycles. The van der Waals surface area contributed by atoms with Crippen LogP contribution in [0.5, 0.6) is 0 Å². The molecule has 1 aliphatic heterocycles. The second kappa shape index (κ2) is 6.70. The summed E-state index contributed by atoms with van der Waals surface area (Å²) in [5, 5.41) is 0. The summed E-state index contributed by atoms with van der Waals surface area (Å²) in [5.74, 6) is 2.53. The minimum absolute atomic E-state index is 0.812. The third-order valence-electron chi connectivity index (χ3n) is 3.02. The topological polar surface area (TPSA) is 6.48 Å². The molecule has 1 unspecified atom stereocenters. The Hall–Kier alpha value is 0.270. The van der Waals surface area contributed by atoms with Crippen LogP contribution < -0.4 is 0 Å². The van der Waals surface area contributed by atoms with Gasteiger partial charge in [-0.1, -0.05) is 6.92 Å². The van der Waals surface area contributed by atoms with Crippen LogP contribution in [0.1, 0.15) is 19.8 Å². The van der Waals surface area contributed by atoms with E-state index in [2.05, 4.69) is 30.8 Å². The number of hydrogen-bond acceptors (Lipinski definition) is 3. The fourth-order valence-electron chi connectivity index (χ4n) is 2.03. The minimum Gasteiger partial charge on any atom is -0.304 e. The fourth-order valence-corrected chi connectivity index (χ4v) is 2.76. The summed E-state index contributed by atoms with van der Waals surface area (Å²) in [6.45, 7) is 6.02. The van der Waals surface area contributed by atoms with Gasteiger partial charge in [-0.3, -0.25) is 0 Å². The Morgan fingerprint density at radius 3 is 2.86 bits per heavy atom. The Bertz CT molecular complexity index is 152. The maximum Gasteiger partial charge on any atom is 0.0220 e. The van der Waals surface area contributed by atoms with Crippen molar-refractivity contribution in [2.45, 2.75) is 25.8 Å². The third kappa shape index (κ3) is 4.20. The van der Waals surface area contributed by atoms with Crippen molar-refractivity contribution >= 4 is 11.8 Å². The monoisotopic (exact) mass is 216 g/mol. The zero-order valence-corrected chi connectivity index (χ0v) is 10.6. The van der Waals surface area contributed by atoms with E-state index in [0.717, 1.165) is 6.04 Å². The van der Waals surface area contributed by atoms with E-state index in [4.69, 9.17) is 0 Å². The Labute approximate surface area is 93.0 Å². The number of hydrogen-bond donors (Lipinski definition) is 0. The predicted octanol–water partition coefficient (Wildman–Crippen LogP) is 1.77. The summed E-state index contributed by atoms with van der Waals surface area (Å²) in [5.41, 5.74) is 0. The Balaban J connectivity index is 2.09. The summed E-state index contributed by atoms with van der Waals surface area (Å²) in [7, 11) is 4.51. The molecule has 0 aliphatic carbocycles. The third-order valence-corrected chi connectivity index (χ3v) is 3.89. The molecular weight excluding hydrogens is 192 g/mol. The van der Waals surface area contributed by atoms with Gasteiger partial charge in [-0.25, -0.2) is 0 Å². The lowest BCUT2D eigenvalue weighted by atomic mass is 10.2. The maximum absolute atomic E-state index is 2.50. The van der Waals surface area contributed by atoms with Crippen LogP contribution in [-0.4, -0.2) is 61.1 Å². The molecule has 0 spiro atoms. The van der Waals surface area contributed by atoms with Gasteiger partial charge in [0, 0.05) is 24.9 Å². The quantitative estimate of drug-likeness (QED) is 0.625. The summed E-state index contributed by atoms with van der Waals surface area (Å²) < 4.78 is 0. The molecule has 0 aromatic rings. The molecule has 84 valence electrons. The Kier molecular flexibility index (Phi) is 5.90. The van der Waals surface area contributed by atoms with Crippen LogP contribution in [0.3, 0.4) is 0 Å². The molecule has 1 rings (SSSR count). The maximum atomic E-state index is 2.50. The van der Waals surface area contributed by atoms with Crippen LogP contribution >= 0.6 is 11.8 Å². The Morgan fingerprint density at radius 2 is 2.29 bits per heavy atom. The summed E-state index contributed by atoms with van der Waals surface area (Å²) in [6, 6.07) is 0.812. The van der Waals surface area contributed by atoms with Crippen molar-refractivity contribution in [1.29, 1.82) is 0 Å². The first-order valence-electron chi connectivity index (χ1n) is 5.70. The van der Waals surface area contributed by atoms with E-state index in [1.54, 1.807) is 0 Å². The summed E-state index contributed by atoms with van der Waals surface area (Å²) >= 11 is 2.04. The van der Waals surface area contributed by atoms with Gasteiger partial charge in [0.2, 0.25) is 0 Å². The molecule has 1 fully saturated rings. The van der Waals surface area contributed by atoms with Gasteiger partial charge in [0.25, 0.3) is 0 Å². The number of thioether (sulfide) groups is 1. The molecule has 0 N–H and O–H groups in total. The van der Waals surface area contributed by atoms with Crippen LogP contribution in [-0.2, 0) is 0 Å². The van der Waals surface area contributed by atoms with E-state index in [0.29, 0.717) is 0 Å². The highest BCUT2D eigenvalue weighted by Gasteiger charge is 2.21. The van der Waals surface area contributed by atoms with Crippen molar-refractivity contribution in [3.8, 4) is 0 Å². The SMILES string of the molecule is CCSCCN(C)CC1CCCN1C.